The van der Waals surface area contributed by atoms with Gasteiger partial charge in [-0.2, -0.15) is 10.5 Å². The van der Waals surface area contributed by atoms with Gasteiger partial charge in [-0.15, -0.1) is 22.6 Å². The van der Waals surface area contributed by atoms with Crippen LogP contribution in [0.2, 0.25) is 0 Å². The molecule has 35 heavy (non-hydrogen) atoms. The van der Waals surface area contributed by atoms with Crippen LogP contribution in [0.25, 0.3) is 11.3 Å². The molecule has 1 aromatic heterocycles. The Morgan fingerprint density at radius 3 is 2.26 bits per heavy atom. The first-order valence-electron chi connectivity index (χ1n) is 11.3. The molecule has 0 saturated carbocycles. The molecule has 0 N–H and O–H groups in total. The molecular weight excluding hydrogens is 460 g/mol. The number of hydrogen-bond donors (Lipinski definition) is 0. The zero-order chi connectivity index (χ0) is 24.2. The van der Waals surface area contributed by atoms with Crippen LogP contribution in [0.4, 0.5) is 5.82 Å². The average Bonchev–Trinajstić information content (AvgIpc) is 2.89. The van der Waals surface area contributed by atoms with Crippen molar-refractivity contribution in [2.75, 3.05) is 25.0 Å². The van der Waals surface area contributed by atoms with Gasteiger partial charge in [0.2, 0.25) is 0 Å². The van der Waals surface area contributed by atoms with E-state index in [1.807, 2.05) is 19.2 Å². The number of hydrogen-bond acceptors (Lipinski definition) is 6. The standard InChI is InChI=1S/C27H26N6O.ClH/c1-18-19(2)26(31-30-25(18)22-9-7-20(16-28)8-10-22)33-13-11-24(12-14-33)32(3)27(34)23-6-4-5-21(15-23)17-29;/h4-10,15,24H,11-14H2,1-3H3;1H. The quantitative estimate of drug-likeness (QED) is 0.531. The minimum Gasteiger partial charge on any atom is -0.355 e. The lowest BCUT2D eigenvalue weighted by molar-refractivity contribution is 0.0709. The van der Waals surface area contributed by atoms with Gasteiger partial charge in [-0.1, -0.05) is 18.2 Å². The number of halogens is 1. The van der Waals surface area contributed by atoms with Crippen molar-refractivity contribution < 1.29 is 4.79 Å². The highest BCUT2D eigenvalue weighted by Gasteiger charge is 2.28. The van der Waals surface area contributed by atoms with Gasteiger partial charge in [0.15, 0.2) is 5.82 Å². The molecular formula is C27H27ClN6O. The summed E-state index contributed by atoms with van der Waals surface area (Å²) in [7, 11) is 1.84. The first-order chi connectivity index (χ1) is 16.4. The summed E-state index contributed by atoms with van der Waals surface area (Å²) in [5.74, 6) is 0.818. The molecule has 8 heteroatoms. The van der Waals surface area contributed by atoms with Gasteiger partial charge in [-0.25, -0.2) is 0 Å². The van der Waals surface area contributed by atoms with Gasteiger partial charge in [0.05, 0.1) is 29.0 Å². The van der Waals surface area contributed by atoms with Gasteiger partial charge >= 0.3 is 0 Å². The van der Waals surface area contributed by atoms with Crippen molar-refractivity contribution >= 4 is 24.1 Å². The van der Waals surface area contributed by atoms with Crippen LogP contribution in [-0.4, -0.2) is 47.2 Å². The van der Waals surface area contributed by atoms with E-state index >= 15 is 0 Å². The fourth-order valence-electron chi connectivity index (χ4n) is 4.43. The first kappa shape index (κ1) is 25.7. The molecule has 7 nitrogen and oxygen atoms in total. The van der Waals surface area contributed by atoms with E-state index in [2.05, 4.69) is 41.1 Å². The van der Waals surface area contributed by atoms with Crippen LogP contribution >= 0.6 is 12.4 Å². The monoisotopic (exact) mass is 486 g/mol. The van der Waals surface area contributed by atoms with Crippen LogP contribution in [0.3, 0.4) is 0 Å². The Bertz CT molecular complexity index is 1300. The van der Waals surface area contributed by atoms with E-state index in [1.54, 1.807) is 41.3 Å². The number of amides is 1. The third-order valence-corrected chi connectivity index (χ3v) is 6.66. The molecule has 1 amide bonds. The number of piperidine rings is 1. The maximum Gasteiger partial charge on any atom is 0.253 e. The molecule has 0 aliphatic carbocycles. The normalized spacial score (nSPS) is 13.3. The number of nitriles is 2. The third kappa shape index (κ3) is 5.26. The SMILES string of the molecule is Cc1c(-c2ccc(C#N)cc2)nnc(N2CCC(N(C)C(=O)c3cccc(C#N)c3)CC2)c1C.Cl. The molecule has 178 valence electrons. The Kier molecular flexibility index (Phi) is 8.06. The number of rotatable bonds is 4. The van der Waals surface area contributed by atoms with Crippen LogP contribution in [0.5, 0.6) is 0 Å². The molecule has 3 aromatic rings. The van der Waals surface area contributed by atoms with E-state index in [0.29, 0.717) is 16.7 Å². The Morgan fingerprint density at radius 2 is 1.63 bits per heavy atom. The van der Waals surface area contributed by atoms with Crippen LogP contribution in [0.1, 0.15) is 45.5 Å². The van der Waals surface area contributed by atoms with E-state index in [0.717, 1.165) is 54.1 Å². The van der Waals surface area contributed by atoms with Gasteiger partial charge in [0, 0.05) is 37.3 Å². The average molecular weight is 487 g/mol. The second-order valence-electron chi connectivity index (χ2n) is 8.64. The molecule has 0 bridgehead atoms. The fraction of sp³-hybridized carbons (Fsp3) is 0.296. The van der Waals surface area contributed by atoms with Gasteiger partial charge in [0.25, 0.3) is 5.91 Å². The zero-order valence-electron chi connectivity index (χ0n) is 20.0. The number of anilines is 1. The van der Waals surface area contributed by atoms with Crippen molar-refractivity contribution in [3.8, 4) is 23.4 Å². The number of benzene rings is 2. The van der Waals surface area contributed by atoms with Crippen LogP contribution < -0.4 is 4.90 Å². The van der Waals surface area contributed by atoms with Gasteiger partial charge in [-0.3, -0.25) is 4.79 Å². The first-order valence-corrected chi connectivity index (χ1v) is 11.3. The molecule has 1 saturated heterocycles. The van der Waals surface area contributed by atoms with Crippen LogP contribution in [-0.2, 0) is 0 Å². The summed E-state index contributed by atoms with van der Waals surface area (Å²) in [5.41, 5.74) is 5.57. The summed E-state index contributed by atoms with van der Waals surface area (Å²) in [6.45, 7) is 5.68. The lowest BCUT2D eigenvalue weighted by atomic mass is 10.00. The van der Waals surface area contributed by atoms with Crippen molar-refractivity contribution in [3.05, 3.63) is 76.3 Å². The minimum atomic E-state index is -0.0610. The fourth-order valence-corrected chi connectivity index (χ4v) is 4.43. The van der Waals surface area contributed by atoms with Gasteiger partial charge in [0.1, 0.15) is 0 Å². The van der Waals surface area contributed by atoms with Crippen molar-refractivity contribution in [1.82, 2.24) is 15.1 Å². The lowest BCUT2D eigenvalue weighted by Gasteiger charge is -2.37. The highest BCUT2D eigenvalue weighted by molar-refractivity contribution is 5.94. The summed E-state index contributed by atoms with van der Waals surface area (Å²) in [6.07, 6.45) is 1.66. The Labute approximate surface area is 212 Å². The maximum absolute atomic E-state index is 12.9. The van der Waals surface area contributed by atoms with Gasteiger partial charge in [-0.05, 0) is 68.1 Å². The topological polar surface area (TPSA) is 96.9 Å². The molecule has 0 spiro atoms. The summed E-state index contributed by atoms with van der Waals surface area (Å²) >= 11 is 0. The van der Waals surface area contributed by atoms with E-state index < -0.39 is 0 Å². The van der Waals surface area contributed by atoms with Crippen molar-refractivity contribution in [1.29, 1.82) is 10.5 Å². The molecule has 1 aliphatic rings. The highest BCUT2D eigenvalue weighted by atomic mass is 35.5. The van der Waals surface area contributed by atoms with Crippen LogP contribution in [0, 0.1) is 36.5 Å². The minimum absolute atomic E-state index is 0. The molecule has 0 atom stereocenters. The summed E-state index contributed by atoms with van der Waals surface area (Å²) in [5, 5.41) is 27.2. The van der Waals surface area contributed by atoms with Crippen molar-refractivity contribution in [2.24, 2.45) is 0 Å². The van der Waals surface area contributed by atoms with E-state index in [4.69, 9.17) is 10.5 Å². The number of nitrogens with zero attached hydrogens (tertiary/aromatic N) is 6. The Morgan fingerprint density at radius 1 is 0.971 bits per heavy atom. The molecule has 2 aromatic carbocycles. The predicted octanol–water partition coefficient (Wildman–Crippen LogP) is 4.67. The van der Waals surface area contributed by atoms with Crippen molar-refractivity contribution in [2.45, 2.75) is 32.7 Å². The smallest absolute Gasteiger partial charge is 0.253 e. The molecule has 1 aliphatic heterocycles. The second-order valence-corrected chi connectivity index (χ2v) is 8.64. The lowest BCUT2D eigenvalue weighted by Crippen LogP contribution is -2.46. The highest BCUT2D eigenvalue weighted by Crippen LogP contribution is 2.30. The Balaban J connectivity index is 0.00000342. The predicted molar refractivity (Wildman–Crippen MR) is 137 cm³/mol. The Hall–Kier alpha value is -3.94. The number of carbonyl (C=O) groups excluding carboxylic acids is 1. The molecule has 0 unspecified atom stereocenters. The summed E-state index contributed by atoms with van der Waals surface area (Å²) < 4.78 is 0. The summed E-state index contributed by atoms with van der Waals surface area (Å²) in [6, 6.07) is 18.6. The van der Waals surface area contributed by atoms with E-state index in [9.17, 15) is 4.79 Å². The molecule has 4 rings (SSSR count). The number of carbonyl (C=O) groups is 1. The third-order valence-electron chi connectivity index (χ3n) is 6.66. The van der Waals surface area contributed by atoms with E-state index in [1.165, 1.54) is 0 Å². The molecule has 1 fully saturated rings. The summed E-state index contributed by atoms with van der Waals surface area (Å²) in [4.78, 5) is 17.0. The second kappa shape index (κ2) is 11.0. The molecule has 2 heterocycles. The molecule has 0 radical (unpaired) electrons. The number of aromatic nitrogens is 2. The van der Waals surface area contributed by atoms with Crippen LogP contribution in [0.15, 0.2) is 48.5 Å². The van der Waals surface area contributed by atoms with Crippen molar-refractivity contribution in [3.63, 3.8) is 0 Å². The maximum atomic E-state index is 12.9. The van der Waals surface area contributed by atoms with Gasteiger partial charge < -0.3 is 9.80 Å². The van der Waals surface area contributed by atoms with E-state index in [-0.39, 0.29) is 24.4 Å². The largest absolute Gasteiger partial charge is 0.355 e. The zero-order valence-corrected chi connectivity index (χ0v) is 20.8.